The average Bonchev–Trinajstić information content (AvgIpc) is 2.49. The molecule has 1 N–H and O–H groups in total. The van der Waals surface area contributed by atoms with E-state index in [9.17, 15) is 8.42 Å². The van der Waals surface area contributed by atoms with Gasteiger partial charge >= 0.3 is 0 Å². The van der Waals surface area contributed by atoms with Crippen molar-refractivity contribution in [2.75, 3.05) is 13.2 Å². The zero-order valence-electron chi connectivity index (χ0n) is 14.0. The van der Waals surface area contributed by atoms with E-state index in [-0.39, 0.29) is 13.2 Å². The van der Waals surface area contributed by atoms with E-state index in [1.165, 1.54) is 5.56 Å². The molecule has 0 bridgehead atoms. The second-order valence-electron chi connectivity index (χ2n) is 5.71. The van der Waals surface area contributed by atoms with Gasteiger partial charge < -0.3 is 4.74 Å². The average molecular weight is 333 g/mol. The molecule has 4 nitrogen and oxygen atoms in total. The van der Waals surface area contributed by atoms with Crippen molar-refractivity contribution in [3.05, 3.63) is 58.7 Å². The van der Waals surface area contributed by atoms with Gasteiger partial charge in [0.25, 0.3) is 0 Å². The second-order valence-corrected chi connectivity index (χ2v) is 7.45. The van der Waals surface area contributed by atoms with Gasteiger partial charge in [-0.05, 0) is 62.1 Å². The van der Waals surface area contributed by atoms with E-state index >= 15 is 0 Å². The number of rotatable bonds is 6. The number of hydrogen-bond acceptors (Lipinski definition) is 3. The lowest BCUT2D eigenvalue weighted by molar-refractivity contribution is 0.320. The predicted molar refractivity (Wildman–Crippen MR) is 92.5 cm³/mol. The van der Waals surface area contributed by atoms with Crippen molar-refractivity contribution < 1.29 is 13.2 Å². The molecule has 0 spiro atoms. The molecule has 0 aliphatic carbocycles. The van der Waals surface area contributed by atoms with Gasteiger partial charge in [-0.2, -0.15) is 0 Å². The molecule has 124 valence electrons. The first kappa shape index (κ1) is 17.5. The molecule has 0 aliphatic rings. The lowest BCUT2D eigenvalue weighted by Gasteiger charge is -2.13. The van der Waals surface area contributed by atoms with Gasteiger partial charge in [-0.3, -0.25) is 0 Å². The number of ether oxygens (including phenoxy) is 1. The quantitative estimate of drug-likeness (QED) is 0.826. The van der Waals surface area contributed by atoms with E-state index in [0.717, 1.165) is 22.4 Å². The minimum Gasteiger partial charge on any atom is -0.492 e. The van der Waals surface area contributed by atoms with Gasteiger partial charge in [0, 0.05) is 6.54 Å². The number of sulfonamides is 1. The molecular weight excluding hydrogens is 310 g/mol. The maximum absolute atomic E-state index is 12.3. The van der Waals surface area contributed by atoms with Crippen molar-refractivity contribution in [2.24, 2.45) is 0 Å². The molecule has 0 heterocycles. The molecule has 0 aromatic heterocycles. The Morgan fingerprint density at radius 1 is 0.913 bits per heavy atom. The van der Waals surface area contributed by atoms with E-state index in [4.69, 9.17) is 4.74 Å². The highest BCUT2D eigenvalue weighted by molar-refractivity contribution is 7.89. The Morgan fingerprint density at radius 3 is 2.26 bits per heavy atom. The van der Waals surface area contributed by atoms with Crippen LogP contribution in [-0.4, -0.2) is 21.6 Å². The first-order valence-electron chi connectivity index (χ1n) is 7.57. The molecule has 0 saturated heterocycles. The summed E-state index contributed by atoms with van der Waals surface area (Å²) >= 11 is 0. The van der Waals surface area contributed by atoms with Crippen LogP contribution >= 0.6 is 0 Å². The summed E-state index contributed by atoms with van der Waals surface area (Å²) in [5.74, 6) is 0.795. The summed E-state index contributed by atoms with van der Waals surface area (Å²) in [6.07, 6.45) is 0. The fourth-order valence-electron chi connectivity index (χ4n) is 2.36. The topological polar surface area (TPSA) is 55.4 Å². The summed E-state index contributed by atoms with van der Waals surface area (Å²) in [5, 5.41) is 0. The minimum absolute atomic E-state index is 0.225. The third kappa shape index (κ3) is 4.33. The van der Waals surface area contributed by atoms with Crippen LogP contribution in [0.1, 0.15) is 22.3 Å². The first-order valence-corrected chi connectivity index (χ1v) is 9.05. The molecule has 5 heteroatoms. The molecule has 23 heavy (non-hydrogen) atoms. The monoisotopic (exact) mass is 333 g/mol. The maximum Gasteiger partial charge on any atom is 0.240 e. The summed E-state index contributed by atoms with van der Waals surface area (Å²) in [7, 11) is -3.50. The molecule has 0 amide bonds. The number of hydrogen-bond donors (Lipinski definition) is 1. The van der Waals surface area contributed by atoms with Crippen LogP contribution in [0.15, 0.2) is 41.3 Å². The van der Waals surface area contributed by atoms with Crippen LogP contribution in [0, 0.1) is 27.7 Å². The van der Waals surface area contributed by atoms with E-state index in [0.29, 0.717) is 4.90 Å². The van der Waals surface area contributed by atoms with Gasteiger partial charge in [-0.25, -0.2) is 13.1 Å². The molecule has 0 aliphatic heterocycles. The van der Waals surface area contributed by atoms with Crippen molar-refractivity contribution >= 4 is 10.0 Å². The van der Waals surface area contributed by atoms with Crippen LogP contribution in [0.4, 0.5) is 0 Å². The Bertz CT molecular complexity index is 798. The highest BCUT2D eigenvalue weighted by Gasteiger charge is 2.15. The minimum atomic E-state index is -3.50. The summed E-state index contributed by atoms with van der Waals surface area (Å²) in [4.78, 5) is 0.308. The van der Waals surface area contributed by atoms with E-state index in [1.54, 1.807) is 25.1 Å². The standard InChI is InChI=1S/C18H23NO3S/c1-13-7-5-6-8-18(13)23(20,21)19-9-10-22-17-12-15(3)14(2)11-16(17)4/h5-8,11-12,19H,9-10H2,1-4H3. The Hall–Kier alpha value is -1.85. The van der Waals surface area contributed by atoms with E-state index in [2.05, 4.69) is 17.7 Å². The number of nitrogens with one attached hydrogen (secondary N) is 1. The summed E-state index contributed by atoms with van der Waals surface area (Å²) in [5.41, 5.74) is 4.15. The van der Waals surface area contributed by atoms with Crippen LogP contribution in [-0.2, 0) is 10.0 Å². The maximum atomic E-state index is 12.3. The highest BCUT2D eigenvalue weighted by atomic mass is 32.2. The molecule has 0 atom stereocenters. The third-order valence-corrected chi connectivity index (χ3v) is 5.45. The van der Waals surface area contributed by atoms with Gasteiger partial charge in [0.2, 0.25) is 10.0 Å². The van der Waals surface area contributed by atoms with Crippen LogP contribution in [0.2, 0.25) is 0 Å². The summed E-state index contributed by atoms with van der Waals surface area (Å²) in [6.45, 7) is 8.37. The molecule has 2 rings (SSSR count). The molecule has 0 fully saturated rings. The molecule has 2 aromatic rings. The Kier molecular flexibility index (Phi) is 5.44. The van der Waals surface area contributed by atoms with Crippen molar-refractivity contribution in [2.45, 2.75) is 32.6 Å². The lowest BCUT2D eigenvalue weighted by atomic mass is 10.1. The zero-order chi connectivity index (χ0) is 17.0. The number of benzene rings is 2. The molecule has 2 aromatic carbocycles. The highest BCUT2D eigenvalue weighted by Crippen LogP contribution is 2.22. The van der Waals surface area contributed by atoms with Gasteiger partial charge in [0.05, 0.1) is 4.90 Å². The van der Waals surface area contributed by atoms with Gasteiger partial charge in [-0.15, -0.1) is 0 Å². The molecule has 0 saturated carbocycles. The predicted octanol–water partition coefficient (Wildman–Crippen LogP) is 3.28. The number of aryl methyl sites for hydroxylation is 4. The Morgan fingerprint density at radius 2 is 1.57 bits per heavy atom. The van der Waals surface area contributed by atoms with Crippen molar-refractivity contribution in [1.82, 2.24) is 4.72 Å². The molecule has 0 radical (unpaired) electrons. The summed E-state index contributed by atoms with van der Waals surface area (Å²) < 4.78 is 32.8. The second kappa shape index (κ2) is 7.15. The molecular formula is C18H23NO3S. The lowest BCUT2D eigenvalue weighted by Crippen LogP contribution is -2.28. The third-order valence-electron chi connectivity index (χ3n) is 3.83. The van der Waals surface area contributed by atoms with Crippen molar-refractivity contribution in [3.63, 3.8) is 0 Å². The van der Waals surface area contributed by atoms with E-state index < -0.39 is 10.0 Å². The van der Waals surface area contributed by atoms with Gasteiger partial charge in [0.1, 0.15) is 12.4 Å². The van der Waals surface area contributed by atoms with Crippen molar-refractivity contribution in [1.29, 1.82) is 0 Å². The largest absolute Gasteiger partial charge is 0.492 e. The van der Waals surface area contributed by atoms with Crippen LogP contribution in [0.3, 0.4) is 0 Å². The molecule has 0 unspecified atom stereocenters. The smallest absolute Gasteiger partial charge is 0.240 e. The van der Waals surface area contributed by atoms with Gasteiger partial charge in [-0.1, -0.05) is 24.3 Å². The fraction of sp³-hybridized carbons (Fsp3) is 0.333. The first-order chi connectivity index (χ1) is 10.8. The van der Waals surface area contributed by atoms with Crippen LogP contribution < -0.4 is 9.46 Å². The Labute approximate surface area is 138 Å². The SMILES string of the molecule is Cc1cc(C)c(OCCNS(=O)(=O)c2ccccc2C)cc1C. The van der Waals surface area contributed by atoms with Crippen molar-refractivity contribution in [3.8, 4) is 5.75 Å². The van der Waals surface area contributed by atoms with Gasteiger partial charge in [0.15, 0.2) is 0 Å². The normalized spacial score (nSPS) is 11.5. The van der Waals surface area contributed by atoms with E-state index in [1.807, 2.05) is 26.0 Å². The zero-order valence-corrected chi connectivity index (χ0v) is 14.8. The summed E-state index contributed by atoms with van der Waals surface area (Å²) in [6, 6.07) is 11.0. The fourth-order valence-corrected chi connectivity index (χ4v) is 3.62. The van der Waals surface area contributed by atoms with Crippen LogP contribution in [0.5, 0.6) is 5.75 Å². The Balaban J connectivity index is 1.96. The van der Waals surface area contributed by atoms with Crippen LogP contribution in [0.25, 0.3) is 0 Å².